The maximum Gasteiger partial charge on any atom is 0.274 e. The monoisotopic (exact) mass is 664 g/mol. The number of fused-ring (bicyclic) bond motifs is 1. The minimum Gasteiger partial charge on any atom is -0.366 e. The van der Waals surface area contributed by atoms with Crippen LogP contribution in [0, 0.1) is 6.92 Å². The van der Waals surface area contributed by atoms with Crippen LogP contribution in [0.5, 0.6) is 0 Å². The summed E-state index contributed by atoms with van der Waals surface area (Å²) in [6, 6.07) is 15.2. The number of carbonyl (C=O) groups is 3. The van der Waals surface area contributed by atoms with Crippen molar-refractivity contribution in [3.8, 4) is 11.1 Å². The molecule has 1 aliphatic carbocycles. The fraction of sp³-hybridized carbons (Fsp3) is 0.297. The smallest absolute Gasteiger partial charge is 0.274 e. The molecular weight excluding hydrogens is 625 g/mol. The zero-order chi connectivity index (χ0) is 33.9. The fourth-order valence-corrected chi connectivity index (χ4v) is 7.56. The van der Waals surface area contributed by atoms with Crippen molar-refractivity contribution in [2.24, 2.45) is 7.05 Å². The first-order valence-electron chi connectivity index (χ1n) is 16.2. The zero-order valence-corrected chi connectivity index (χ0v) is 28.3. The van der Waals surface area contributed by atoms with Gasteiger partial charge in [0.05, 0.1) is 16.3 Å². The third kappa shape index (κ3) is 6.91. The molecule has 6 rings (SSSR count). The highest BCUT2D eigenvalue weighted by atomic mass is 32.1. The average Bonchev–Trinajstić information content (AvgIpc) is 3.53. The van der Waals surface area contributed by atoms with Gasteiger partial charge in [0.2, 0.25) is 11.8 Å². The molecular formula is C37H40N6O4S. The van der Waals surface area contributed by atoms with E-state index < -0.39 is 0 Å². The van der Waals surface area contributed by atoms with Crippen LogP contribution in [0.15, 0.2) is 72.2 Å². The van der Waals surface area contributed by atoms with E-state index in [2.05, 4.69) is 27.4 Å². The van der Waals surface area contributed by atoms with Crippen molar-refractivity contribution < 1.29 is 14.4 Å². The summed E-state index contributed by atoms with van der Waals surface area (Å²) in [4.78, 5) is 56.8. The summed E-state index contributed by atoms with van der Waals surface area (Å²) in [6.07, 6.45) is 7.41. The third-order valence-corrected chi connectivity index (χ3v) is 10.3. The largest absolute Gasteiger partial charge is 0.366 e. The summed E-state index contributed by atoms with van der Waals surface area (Å²) in [5.74, 6) is -0.419. The highest BCUT2D eigenvalue weighted by Gasteiger charge is 2.22. The predicted octanol–water partition coefficient (Wildman–Crippen LogP) is 6.09. The van der Waals surface area contributed by atoms with Gasteiger partial charge < -0.3 is 30.3 Å². The number of hydrogen-bond acceptors (Lipinski definition) is 7. The minimum atomic E-state index is -0.352. The molecule has 0 bridgehead atoms. The van der Waals surface area contributed by atoms with E-state index >= 15 is 0 Å². The summed E-state index contributed by atoms with van der Waals surface area (Å²) in [6.45, 7) is 9.55. The molecule has 0 radical (unpaired) electrons. The summed E-state index contributed by atoms with van der Waals surface area (Å²) in [5.41, 5.74) is 6.74. The van der Waals surface area contributed by atoms with E-state index in [4.69, 9.17) is 0 Å². The third-order valence-electron chi connectivity index (χ3n) is 9.08. The molecule has 0 unspecified atom stereocenters. The van der Waals surface area contributed by atoms with Crippen LogP contribution in [0.1, 0.15) is 45.4 Å². The standard InChI is InChI=1S/C37H40N6O4S/c1-5-35(45)39-30-21-27(13-14-32(30)43-17-15-42(16-18-43)24(3)44)38-31-19-26(22-41(4)37(31)47)28-10-8-11-29(23(28)2)40-36(46)34-20-25-9-6-7-12-33(25)48-34/h5,8,10-11,13-14,19-22,38H,1,6-7,9,12,15-18H2,2-4H3,(H,39,45)(H,40,46). The molecule has 11 heteroatoms. The van der Waals surface area contributed by atoms with Crippen molar-refractivity contribution in [3.05, 3.63) is 98.6 Å². The van der Waals surface area contributed by atoms with Crippen molar-refractivity contribution in [1.82, 2.24) is 9.47 Å². The first-order chi connectivity index (χ1) is 23.1. The Morgan fingerprint density at radius 3 is 2.42 bits per heavy atom. The summed E-state index contributed by atoms with van der Waals surface area (Å²) >= 11 is 1.59. The number of rotatable bonds is 8. The SMILES string of the molecule is C=CC(=O)Nc1cc(Nc2cc(-c3cccc(NC(=O)c4cc5c(s4)CCCC5)c3C)cn(C)c2=O)ccc1N1CCN(C(C)=O)CC1. The Morgan fingerprint density at radius 1 is 0.917 bits per heavy atom. The van der Waals surface area contributed by atoms with Gasteiger partial charge in [0.1, 0.15) is 5.69 Å². The molecule has 48 heavy (non-hydrogen) atoms. The number of amides is 3. The van der Waals surface area contributed by atoms with Gasteiger partial charge in [0.15, 0.2) is 0 Å². The van der Waals surface area contributed by atoms with E-state index in [9.17, 15) is 19.2 Å². The van der Waals surface area contributed by atoms with Crippen LogP contribution in [0.3, 0.4) is 0 Å². The molecule has 1 saturated heterocycles. The molecule has 3 amide bonds. The van der Waals surface area contributed by atoms with Gasteiger partial charge in [-0.2, -0.15) is 0 Å². The number of thiophene rings is 1. The average molecular weight is 665 g/mol. The number of nitrogens with zero attached hydrogens (tertiary/aromatic N) is 3. The minimum absolute atomic E-state index is 0.0429. The molecule has 1 aliphatic heterocycles. The fourth-order valence-electron chi connectivity index (χ4n) is 6.41. The Labute approximate surface area is 284 Å². The number of carbonyl (C=O) groups excluding carboxylic acids is 3. The van der Waals surface area contributed by atoms with E-state index in [0.29, 0.717) is 43.2 Å². The van der Waals surface area contributed by atoms with E-state index in [0.717, 1.165) is 45.8 Å². The second-order valence-corrected chi connectivity index (χ2v) is 13.4. The van der Waals surface area contributed by atoms with Crippen molar-refractivity contribution in [2.45, 2.75) is 39.5 Å². The molecule has 2 aromatic carbocycles. The van der Waals surface area contributed by atoms with Gasteiger partial charge in [0.25, 0.3) is 11.5 Å². The topological polar surface area (TPSA) is 116 Å². The highest BCUT2D eigenvalue weighted by molar-refractivity contribution is 7.14. The van der Waals surface area contributed by atoms with Crippen LogP contribution in [0.25, 0.3) is 11.1 Å². The van der Waals surface area contributed by atoms with Crippen LogP contribution in [0.4, 0.5) is 28.4 Å². The maximum absolute atomic E-state index is 13.3. The molecule has 0 atom stereocenters. The number of aryl methyl sites for hydroxylation is 3. The van der Waals surface area contributed by atoms with E-state index in [1.807, 2.05) is 43.3 Å². The Bertz CT molecular complexity index is 1950. The van der Waals surface area contributed by atoms with Gasteiger partial charge >= 0.3 is 0 Å². The van der Waals surface area contributed by atoms with Crippen molar-refractivity contribution in [3.63, 3.8) is 0 Å². The molecule has 2 aliphatic rings. The molecule has 10 nitrogen and oxygen atoms in total. The number of piperazine rings is 1. The second kappa shape index (κ2) is 13.9. The van der Waals surface area contributed by atoms with Gasteiger partial charge in [-0.25, -0.2) is 0 Å². The van der Waals surface area contributed by atoms with Gasteiger partial charge in [-0.05, 0) is 91.8 Å². The lowest BCUT2D eigenvalue weighted by atomic mass is 9.99. The van der Waals surface area contributed by atoms with Gasteiger partial charge in [-0.3, -0.25) is 19.2 Å². The van der Waals surface area contributed by atoms with Gasteiger partial charge in [-0.15, -0.1) is 11.3 Å². The molecule has 2 aromatic heterocycles. The maximum atomic E-state index is 13.3. The Hall–Kier alpha value is -5.16. The molecule has 4 aromatic rings. The first kappa shape index (κ1) is 32.8. The molecule has 1 fully saturated rings. The second-order valence-electron chi connectivity index (χ2n) is 12.3. The van der Waals surface area contributed by atoms with Gasteiger partial charge in [0, 0.05) is 68.2 Å². The number of anilines is 5. The van der Waals surface area contributed by atoms with Crippen LogP contribution in [0.2, 0.25) is 0 Å². The Kier molecular flexibility index (Phi) is 9.49. The lowest BCUT2D eigenvalue weighted by Gasteiger charge is -2.36. The van der Waals surface area contributed by atoms with Crippen molar-refractivity contribution >= 4 is 57.5 Å². The Balaban J connectivity index is 1.26. The summed E-state index contributed by atoms with van der Waals surface area (Å²) in [7, 11) is 1.70. The quantitative estimate of drug-likeness (QED) is 0.197. The normalized spacial score (nSPS) is 14.2. The lowest BCUT2D eigenvalue weighted by Crippen LogP contribution is -2.48. The number of pyridine rings is 1. The molecule has 3 N–H and O–H groups in total. The number of hydrogen-bond donors (Lipinski definition) is 3. The van der Waals surface area contributed by atoms with Crippen LogP contribution in [-0.2, 0) is 29.5 Å². The molecule has 3 heterocycles. The zero-order valence-electron chi connectivity index (χ0n) is 27.5. The van der Waals surface area contributed by atoms with Crippen LogP contribution < -0.4 is 26.4 Å². The Morgan fingerprint density at radius 2 is 1.69 bits per heavy atom. The number of nitrogens with one attached hydrogen (secondary N) is 3. The molecule has 0 spiro atoms. The number of aromatic nitrogens is 1. The van der Waals surface area contributed by atoms with Gasteiger partial charge in [-0.1, -0.05) is 18.7 Å². The van der Waals surface area contributed by atoms with E-state index in [1.54, 1.807) is 48.5 Å². The van der Waals surface area contributed by atoms with Crippen molar-refractivity contribution in [1.29, 1.82) is 0 Å². The first-order valence-corrected chi connectivity index (χ1v) is 17.0. The van der Waals surface area contributed by atoms with Crippen LogP contribution in [-0.4, -0.2) is 53.4 Å². The lowest BCUT2D eigenvalue weighted by molar-refractivity contribution is -0.129. The predicted molar refractivity (Wildman–Crippen MR) is 194 cm³/mol. The van der Waals surface area contributed by atoms with E-state index in [1.165, 1.54) is 33.9 Å². The highest BCUT2D eigenvalue weighted by Crippen LogP contribution is 2.34. The van der Waals surface area contributed by atoms with Crippen molar-refractivity contribution in [2.75, 3.05) is 47.0 Å². The summed E-state index contributed by atoms with van der Waals surface area (Å²) < 4.78 is 1.53. The molecule has 248 valence electrons. The number of benzene rings is 2. The van der Waals surface area contributed by atoms with Crippen LogP contribution >= 0.6 is 11.3 Å². The molecule has 0 saturated carbocycles. The van der Waals surface area contributed by atoms with E-state index in [-0.39, 0.29) is 23.3 Å². The summed E-state index contributed by atoms with van der Waals surface area (Å²) in [5, 5.41) is 9.28.